The molecule has 0 bridgehead atoms. The van der Waals surface area contributed by atoms with Gasteiger partial charge in [0, 0.05) is 30.4 Å². The molecule has 1 aromatic rings. The van der Waals surface area contributed by atoms with Crippen LogP contribution in [0.15, 0.2) is 24.3 Å². The van der Waals surface area contributed by atoms with Gasteiger partial charge >= 0.3 is 5.97 Å². The van der Waals surface area contributed by atoms with Gasteiger partial charge in [0.15, 0.2) is 0 Å². The number of nitrogens with zero attached hydrogens (tertiary/aromatic N) is 1. The molecule has 2 rings (SSSR count). The zero-order valence-corrected chi connectivity index (χ0v) is 12.3. The van der Waals surface area contributed by atoms with Crippen LogP contribution in [0.3, 0.4) is 0 Å². The zero-order valence-electron chi connectivity index (χ0n) is 11.5. The summed E-state index contributed by atoms with van der Waals surface area (Å²) < 4.78 is 5.59. The van der Waals surface area contributed by atoms with Crippen LogP contribution in [0.25, 0.3) is 6.08 Å². The number of hydrogen-bond donors (Lipinski definition) is 1. The molecular weight excluding hydrogens is 278 g/mol. The molecule has 108 valence electrons. The van der Waals surface area contributed by atoms with Gasteiger partial charge in [-0.1, -0.05) is 11.6 Å². The molecule has 20 heavy (non-hydrogen) atoms. The van der Waals surface area contributed by atoms with E-state index in [-0.39, 0.29) is 12.1 Å². The summed E-state index contributed by atoms with van der Waals surface area (Å²) in [6, 6.07) is 5.78. The molecule has 1 aromatic carbocycles. The Labute approximate surface area is 123 Å². The average molecular weight is 296 g/mol. The molecule has 1 aliphatic heterocycles. The number of ether oxygens (including phenoxy) is 1. The van der Waals surface area contributed by atoms with Gasteiger partial charge in [-0.2, -0.15) is 0 Å². The summed E-state index contributed by atoms with van der Waals surface area (Å²) in [5, 5.41) is 9.36. The predicted octanol–water partition coefficient (Wildman–Crippen LogP) is 3.05. The van der Waals surface area contributed by atoms with E-state index in [9.17, 15) is 4.79 Å². The number of carbonyl (C=O) groups is 1. The van der Waals surface area contributed by atoms with E-state index in [4.69, 9.17) is 21.4 Å². The number of anilines is 1. The van der Waals surface area contributed by atoms with Gasteiger partial charge < -0.3 is 14.7 Å². The lowest BCUT2D eigenvalue weighted by molar-refractivity contribution is -0.131. The first kappa shape index (κ1) is 14.9. The van der Waals surface area contributed by atoms with Gasteiger partial charge in [0.05, 0.1) is 12.1 Å². The largest absolute Gasteiger partial charge is 0.478 e. The number of carboxylic acid groups (broad SMARTS) is 1. The predicted molar refractivity (Wildman–Crippen MR) is 80.3 cm³/mol. The van der Waals surface area contributed by atoms with Gasteiger partial charge in [-0.05, 0) is 43.2 Å². The van der Waals surface area contributed by atoms with Crippen LogP contribution in [0.4, 0.5) is 5.69 Å². The molecule has 4 nitrogen and oxygen atoms in total. The van der Waals surface area contributed by atoms with Crippen LogP contribution >= 0.6 is 11.6 Å². The Morgan fingerprint density at radius 2 is 2.30 bits per heavy atom. The van der Waals surface area contributed by atoms with Gasteiger partial charge in [0.25, 0.3) is 0 Å². The Balaban J connectivity index is 2.32. The first-order valence-corrected chi connectivity index (χ1v) is 6.92. The van der Waals surface area contributed by atoms with Gasteiger partial charge in [-0.15, -0.1) is 0 Å². The summed E-state index contributed by atoms with van der Waals surface area (Å²) in [5.41, 5.74) is 1.75. The lowest BCUT2D eigenvalue weighted by Gasteiger charge is -2.30. The van der Waals surface area contributed by atoms with Crippen molar-refractivity contribution in [1.29, 1.82) is 0 Å². The topological polar surface area (TPSA) is 49.8 Å². The summed E-state index contributed by atoms with van der Waals surface area (Å²) >= 11 is 6.00. The number of likely N-dealkylation sites (N-methyl/N-ethyl adjacent to an activating group) is 1. The molecule has 0 spiro atoms. The molecule has 0 amide bonds. The lowest BCUT2D eigenvalue weighted by atomic mass is 10.1. The molecule has 2 atom stereocenters. The van der Waals surface area contributed by atoms with Gasteiger partial charge in [-0.25, -0.2) is 4.79 Å². The van der Waals surface area contributed by atoms with E-state index in [1.807, 2.05) is 19.2 Å². The molecule has 0 radical (unpaired) electrons. The fourth-order valence-corrected chi connectivity index (χ4v) is 2.73. The molecule has 5 heteroatoms. The molecule has 1 N–H and O–H groups in total. The smallest absolute Gasteiger partial charge is 0.328 e. The highest BCUT2D eigenvalue weighted by Crippen LogP contribution is 2.30. The molecule has 1 saturated heterocycles. The van der Waals surface area contributed by atoms with E-state index in [1.165, 1.54) is 0 Å². The summed E-state index contributed by atoms with van der Waals surface area (Å²) in [6.45, 7) is 2.81. The minimum Gasteiger partial charge on any atom is -0.478 e. The standard InChI is InChI=1S/C15H18ClNO3/c1-10-13(7-8-20-10)17(2)14-5-4-12(16)9-11(14)3-6-15(18)19/h3-6,9-10,13H,7-8H2,1-2H3,(H,18,19)/b6-3+. The molecule has 1 heterocycles. The van der Waals surface area contributed by atoms with Crippen LogP contribution < -0.4 is 4.90 Å². The van der Waals surface area contributed by atoms with E-state index in [2.05, 4.69) is 11.8 Å². The summed E-state index contributed by atoms with van der Waals surface area (Å²) in [4.78, 5) is 12.8. The van der Waals surface area contributed by atoms with Crippen molar-refractivity contribution in [2.75, 3.05) is 18.6 Å². The molecule has 0 saturated carbocycles. The van der Waals surface area contributed by atoms with Crippen LogP contribution in [0.1, 0.15) is 18.9 Å². The SMILES string of the molecule is CC1OCCC1N(C)c1ccc(Cl)cc1/C=C/C(=O)O. The maximum atomic E-state index is 10.7. The molecule has 0 aliphatic carbocycles. The van der Waals surface area contributed by atoms with E-state index in [0.29, 0.717) is 5.02 Å². The van der Waals surface area contributed by atoms with E-state index in [0.717, 1.165) is 30.4 Å². The molecule has 1 fully saturated rings. The summed E-state index contributed by atoms with van der Waals surface area (Å²) in [5.74, 6) is -0.976. The monoisotopic (exact) mass is 295 g/mol. The van der Waals surface area contributed by atoms with E-state index >= 15 is 0 Å². The Morgan fingerprint density at radius 1 is 1.55 bits per heavy atom. The maximum Gasteiger partial charge on any atom is 0.328 e. The van der Waals surface area contributed by atoms with Crippen molar-refractivity contribution in [3.8, 4) is 0 Å². The van der Waals surface area contributed by atoms with Crippen LogP contribution in [-0.4, -0.2) is 36.9 Å². The Hall–Kier alpha value is -1.52. The zero-order chi connectivity index (χ0) is 14.7. The second-order valence-corrected chi connectivity index (χ2v) is 5.35. The first-order chi connectivity index (χ1) is 9.49. The Kier molecular flexibility index (Phi) is 4.68. The third-order valence-electron chi connectivity index (χ3n) is 3.61. The van der Waals surface area contributed by atoms with E-state index < -0.39 is 5.97 Å². The second-order valence-electron chi connectivity index (χ2n) is 4.92. The molecule has 0 aromatic heterocycles. The van der Waals surface area contributed by atoms with Crippen molar-refractivity contribution in [3.05, 3.63) is 34.9 Å². The van der Waals surface area contributed by atoms with Gasteiger partial charge in [-0.3, -0.25) is 0 Å². The van der Waals surface area contributed by atoms with Crippen molar-refractivity contribution in [2.45, 2.75) is 25.5 Å². The fraction of sp³-hybridized carbons (Fsp3) is 0.400. The number of rotatable bonds is 4. The number of benzene rings is 1. The summed E-state index contributed by atoms with van der Waals surface area (Å²) in [6.07, 6.45) is 3.81. The van der Waals surface area contributed by atoms with Crippen molar-refractivity contribution < 1.29 is 14.6 Å². The lowest BCUT2D eigenvalue weighted by Crippen LogP contribution is -2.37. The van der Waals surface area contributed by atoms with Crippen LogP contribution in [-0.2, 0) is 9.53 Å². The van der Waals surface area contributed by atoms with E-state index in [1.54, 1.807) is 12.1 Å². The second kappa shape index (κ2) is 6.29. The van der Waals surface area contributed by atoms with Crippen LogP contribution in [0.5, 0.6) is 0 Å². The highest BCUT2D eigenvalue weighted by molar-refractivity contribution is 6.30. The highest BCUT2D eigenvalue weighted by Gasteiger charge is 2.28. The fourth-order valence-electron chi connectivity index (χ4n) is 2.55. The minimum absolute atomic E-state index is 0.159. The molecular formula is C15H18ClNO3. The summed E-state index contributed by atoms with van der Waals surface area (Å²) in [7, 11) is 2.00. The number of aliphatic carboxylic acids is 1. The third-order valence-corrected chi connectivity index (χ3v) is 3.84. The normalized spacial score (nSPS) is 22.4. The molecule has 1 aliphatic rings. The van der Waals surface area contributed by atoms with Gasteiger partial charge in [0.2, 0.25) is 0 Å². The average Bonchev–Trinajstić information content (AvgIpc) is 2.82. The Morgan fingerprint density at radius 3 is 2.90 bits per heavy atom. The van der Waals surface area contributed by atoms with Crippen molar-refractivity contribution >= 4 is 29.3 Å². The van der Waals surface area contributed by atoms with Crippen molar-refractivity contribution in [3.63, 3.8) is 0 Å². The van der Waals surface area contributed by atoms with Crippen LogP contribution in [0, 0.1) is 0 Å². The van der Waals surface area contributed by atoms with Gasteiger partial charge in [0.1, 0.15) is 0 Å². The van der Waals surface area contributed by atoms with Crippen molar-refractivity contribution in [2.24, 2.45) is 0 Å². The van der Waals surface area contributed by atoms with Crippen LogP contribution in [0.2, 0.25) is 5.02 Å². The highest BCUT2D eigenvalue weighted by atomic mass is 35.5. The Bertz CT molecular complexity index is 530. The van der Waals surface area contributed by atoms with Crippen molar-refractivity contribution in [1.82, 2.24) is 0 Å². The quantitative estimate of drug-likeness (QED) is 0.868. The number of hydrogen-bond acceptors (Lipinski definition) is 3. The minimum atomic E-state index is -0.976. The number of halogens is 1. The third kappa shape index (κ3) is 3.32. The first-order valence-electron chi connectivity index (χ1n) is 6.54. The number of carboxylic acids is 1. The maximum absolute atomic E-state index is 10.7. The molecule has 2 unspecified atom stereocenters.